The van der Waals surface area contributed by atoms with Gasteiger partial charge in [-0.3, -0.25) is 4.68 Å². The second kappa shape index (κ2) is 5.63. The molecule has 0 aliphatic carbocycles. The van der Waals surface area contributed by atoms with Crippen LogP contribution in [0.3, 0.4) is 0 Å². The first-order valence-electron chi connectivity index (χ1n) is 6.42. The third kappa shape index (κ3) is 5.31. The quantitative estimate of drug-likeness (QED) is 0.852. The number of aryl methyl sites for hydroxylation is 1. The molecule has 17 heavy (non-hydrogen) atoms. The molecule has 0 aliphatic heterocycles. The lowest BCUT2D eigenvalue weighted by Crippen LogP contribution is -2.37. The molecule has 0 aliphatic rings. The zero-order valence-corrected chi connectivity index (χ0v) is 12.0. The van der Waals surface area contributed by atoms with Gasteiger partial charge in [0.25, 0.3) is 0 Å². The monoisotopic (exact) mass is 238 g/mol. The maximum atomic E-state index is 4.58. The maximum Gasteiger partial charge on any atom is 0.151 e. The van der Waals surface area contributed by atoms with Crippen molar-refractivity contribution in [3.8, 4) is 0 Å². The molecule has 98 valence electrons. The lowest BCUT2D eigenvalue weighted by molar-refractivity contribution is 0.425. The van der Waals surface area contributed by atoms with Crippen LogP contribution < -0.4 is 5.32 Å². The van der Waals surface area contributed by atoms with Gasteiger partial charge in [0.15, 0.2) is 5.82 Å². The van der Waals surface area contributed by atoms with Crippen molar-refractivity contribution in [2.24, 2.45) is 13.0 Å². The van der Waals surface area contributed by atoms with Crippen LogP contribution >= 0.6 is 0 Å². The Hall–Kier alpha value is -0.900. The summed E-state index contributed by atoms with van der Waals surface area (Å²) < 4.78 is 1.90. The molecule has 0 unspecified atom stereocenters. The third-order valence-electron chi connectivity index (χ3n) is 2.49. The predicted molar refractivity (Wildman–Crippen MR) is 71.0 cm³/mol. The molecule has 1 rings (SSSR count). The summed E-state index contributed by atoms with van der Waals surface area (Å²) in [7, 11) is 1.98. The van der Waals surface area contributed by atoms with Crippen molar-refractivity contribution in [3.05, 3.63) is 11.6 Å². The smallest absolute Gasteiger partial charge is 0.151 e. The fraction of sp³-hybridized carbons (Fsp3) is 0.846. The Labute approximate surface area is 105 Å². The van der Waals surface area contributed by atoms with Crippen LogP contribution in [0.2, 0.25) is 0 Å². The summed E-state index contributed by atoms with van der Waals surface area (Å²) >= 11 is 0. The Balaban J connectivity index is 2.51. The highest BCUT2D eigenvalue weighted by Gasteiger charge is 2.11. The van der Waals surface area contributed by atoms with Crippen molar-refractivity contribution in [3.63, 3.8) is 0 Å². The average Bonchev–Trinajstić information content (AvgIpc) is 2.43. The molecule has 4 heteroatoms. The Kier molecular flexibility index (Phi) is 4.69. The van der Waals surface area contributed by atoms with Crippen LogP contribution in [0, 0.1) is 5.92 Å². The molecule has 1 aromatic rings. The van der Waals surface area contributed by atoms with Crippen molar-refractivity contribution in [2.75, 3.05) is 6.54 Å². The Morgan fingerprint density at radius 3 is 2.47 bits per heavy atom. The minimum absolute atomic E-state index is 0.166. The Morgan fingerprint density at radius 2 is 1.94 bits per heavy atom. The van der Waals surface area contributed by atoms with Crippen molar-refractivity contribution < 1.29 is 0 Å². The zero-order valence-electron chi connectivity index (χ0n) is 12.0. The molecule has 1 heterocycles. The summed E-state index contributed by atoms with van der Waals surface area (Å²) in [5.41, 5.74) is 0.166. The summed E-state index contributed by atoms with van der Waals surface area (Å²) in [4.78, 5) is 4.58. The zero-order chi connectivity index (χ0) is 13.1. The van der Waals surface area contributed by atoms with Gasteiger partial charge in [-0.2, -0.15) is 5.10 Å². The van der Waals surface area contributed by atoms with Gasteiger partial charge in [0, 0.05) is 32.0 Å². The lowest BCUT2D eigenvalue weighted by atomic mass is 10.1. The second-order valence-corrected chi connectivity index (χ2v) is 6.09. The molecule has 4 nitrogen and oxygen atoms in total. The highest BCUT2D eigenvalue weighted by molar-refractivity contribution is 4.94. The number of hydrogen-bond donors (Lipinski definition) is 1. The average molecular weight is 238 g/mol. The first kappa shape index (κ1) is 14.2. The first-order chi connectivity index (χ1) is 7.78. The molecular weight excluding hydrogens is 212 g/mol. The molecule has 0 saturated carbocycles. The lowest BCUT2D eigenvalue weighted by Gasteiger charge is -2.20. The summed E-state index contributed by atoms with van der Waals surface area (Å²) in [6.45, 7) is 11.8. The van der Waals surface area contributed by atoms with Gasteiger partial charge in [0.05, 0.1) is 0 Å². The van der Waals surface area contributed by atoms with Gasteiger partial charge in [-0.15, -0.1) is 0 Å². The highest BCUT2D eigenvalue weighted by atomic mass is 15.3. The van der Waals surface area contributed by atoms with E-state index in [9.17, 15) is 0 Å². The molecule has 0 saturated heterocycles. The van der Waals surface area contributed by atoms with E-state index in [2.05, 4.69) is 50.0 Å². The van der Waals surface area contributed by atoms with Crippen molar-refractivity contribution >= 4 is 0 Å². The molecule has 0 bridgehead atoms. The van der Waals surface area contributed by atoms with Crippen molar-refractivity contribution in [1.82, 2.24) is 20.1 Å². The fourth-order valence-corrected chi connectivity index (χ4v) is 1.69. The van der Waals surface area contributed by atoms with E-state index in [1.807, 2.05) is 11.7 Å². The van der Waals surface area contributed by atoms with Gasteiger partial charge >= 0.3 is 0 Å². The van der Waals surface area contributed by atoms with E-state index in [1.54, 1.807) is 0 Å². The van der Waals surface area contributed by atoms with Gasteiger partial charge in [-0.25, -0.2) is 4.98 Å². The van der Waals surface area contributed by atoms with Gasteiger partial charge in [0.2, 0.25) is 0 Å². The third-order valence-corrected chi connectivity index (χ3v) is 2.49. The predicted octanol–water partition coefficient (Wildman–Crippen LogP) is 1.94. The number of nitrogens with one attached hydrogen (secondary N) is 1. The van der Waals surface area contributed by atoms with E-state index in [0.717, 1.165) is 31.0 Å². The van der Waals surface area contributed by atoms with E-state index in [-0.39, 0.29) is 5.54 Å². The number of hydrogen-bond acceptors (Lipinski definition) is 3. The normalized spacial score (nSPS) is 12.4. The summed E-state index contributed by atoms with van der Waals surface area (Å²) in [5.74, 6) is 2.64. The second-order valence-electron chi connectivity index (χ2n) is 6.09. The fourth-order valence-electron chi connectivity index (χ4n) is 1.69. The number of nitrogens with zero attached hydrogens (tertiary/aromatic N) is 3. The molecule has 0 spiro atoms. The Bertz CT molecular complexity index is 347. The Morgan fingerprint density at radius 1 is 1.29 bits per heavy atom. The number of rotatable bonds is 5. The van der Waals surface area contributed by atoms with Crippen LogP contribution in [0.5, 0.6) is 0 Å². The molecule has 0 aromatic carbocycles. The summed E-state index contributed by atoms with van der Waals surface area (Å²) in [6, 6.07) is 0. The van der Waals surface area contributed by atoms with Gasteiger partial charge < -0.3 is 5.32 Å². The van der Waals surface area contributed by atoms with Gasteiger partial charge in [-0.1, -0.05) is 13.8 Å². The molecule has 0 amide bonds. The molecule has 0 radical (unpaired) electrons. The van der Waals surface area contributed by atoms with Gasteiger partial charge in [0.1, 0.15) is 5.82 Å². The van der Waals surface area contributed by atoms with E-state index in [1.165, 1.54) is 0 Å². The van der Waals surface area contributed by atoms with Crippen molar-refractivity contribution in [2.45, 2.75) is 53.0 Å². The van der Waals surface area contributed by atoms with Crippen LogP contribution in [0.1, 0.15) is 46.3 Å². The largest absolute Gasteiger partial charge is 0.312 e. The summed E-state index contributed by atoms with van der Waals surface area (Å²) in [5, 5.41) is 7.91. The van der Waals surface area contributed by atoms with Gasteiger partial charge in [-0.05, 0) is 26.7 Å². The van der Waals surface area contributed by atoms with E-state index < -0.39 is 0 Å². The van der Waals surface area contributed by atoms with Crippen molar-refractivity contribution in [1.29, 1.82) is 0 Å². The topological polar surface area (TPSA) is 42.7 Å². The van der Waals surface area contributed by atoms with E-state index in [4.69, 9.17) is 0 Å². The number of aromatic nitrogens is 3. The molecule has 1 aromatic heterocycles. The maximum absolute atomic E-state index is 4.58. The van der Waals surface area contributed by atoms with Crippen LogP contribution in [0.15, 0.2) is 0 Å². The van der Waals surface area contributed by atoms with Crippen LogP contribution in [0.25, 0.3) is 0 Å². The van der Waals surface area contributed by atoms with Crippen LogP contribution in [-0.2, 0) is 19.9 Å². The summed E-state index contributed by atoms with van der Waals surface area (Å²) in [6.07, 6.45) is 1.89. The van der Waals surface area contributed by atoms with Crippen LogP contribution in [0.4, 0.5) is 0 Å². The standard InChI is InChI=1S/C13H26N4/c1-10(2)9-11-15-12(17(6)16-11)7-8-14-13(3,4)5/h10,14H,7-9H2,1-6H3. The first-order valence-corrected chi connectivity index (χ1v) is 6.42. The van der Waals surface area contributed by atoms with Crippen LogP contribution in [-0.4, -0.2) is 26.8 Å². The van der Waals surface area contributed by atoms with E-state index >= 15 is 0 Å². The molecule has 0 atom stereocenters. The molecule has 0 fully saturated rings. The van der Waals surface area contributed by atoms with E-state index in [0.29, 0.717) is 5.92 Å². The SMILES string of the molecule is CC(C)Cc1nc(CCNC(C)(C)C)n(C)n1. The molecule has 1 N–H and O–H groups in total. The minimum atomic E-state index is 0.166. The highest BCUT2D eigenvalue weighted by Crippen LogP contribution is 2.05. The molecular formula is C13H26N4. The minimum Gasteiger partial charge on any atom is -0.312 e.